The second-order valence-corrected chi connectivity index (χ2v) is 8.38. The first-order chi connectivity index (χ1) is 19.1. The van der Waals surface area contributed by atoms with Crippen LogP contribution in [0.5, 0.6) is 0 Å². The summed E-state index contributed by atoms with van der Waals surface area (Å²) in [7, 11) is 0. The molecule has 0 radical (unpaired) electrons. The number of rotatable bonds is 19. The van der Waals surface area contributed by atoms with E-state index in [2.05, 4.69) is 28.9 Å². The predicted octanol–water partition coefficient (Wildman–Crippen LogP) is 1.99. The van der Waals surface area contributed by atoms with E-state index in [0.717, 1.165) is 0 Å². The van der Waals surface area contributed by atoms with E-state index in [9.17, 15) is 89.5 Å². The van der Waals surface area contributed by atoms with Crippen LogP contribution in [0.25, 0.3) is 0 Å². The Morgan fingerprint density at radius 1 is 0.682 bits per heavy atom. The molecule has 0 bridgehead atoms. The minimum Gasteiger partial charge on any atom is -0.691 e. The van der Waals surface area contributed by atoms with Crippen molar-refractivity contribution in [3.63, 3.8) is 0 Å². The molecule has 0 N–H and O–H groups in total. The summed E-state index contributed by atoms with van der Waals surface area (Å²) < 4.78 is 221. The molecule has 0 amide bonds. The summed E-state index contributed by atoms with van der Waals surface area (Å²) in [4.78, 5) is 38.0. The van der Waals surface area contributed by atoms with Crippen molar-refractivity contribution in [2.24, 2.45) is 0 Å². The monoisotopic (exact) mass is 726 g/mol. The molecule has 256 valence electrons. The van der Waals surface area contributed by atoms with E-state index in [0.29, 0.717) is 0 Å². The van der Waals surface area contributed by atoms with Crippen molar-refractivity contribution in [1.29, 1.82) is 0 Å². The summed E-state index contributed by atoms with van der Waals surface area (Å²) in [5, 5.41) is 10.3. The molecule has 28 heteroatoms. The van der Waals surface area contributed by atoms with Crippen molar-refractivity contribution < 1.29 is 148 Å². The zero-order chi connectivity index (χ0) is 34.3. The molecule has 1 unspecified atom stereocenters. The summed E-state index contributed by atoms with van der Waals surface area (Å²) in [5.74, 6) is -43.5. The topological polar surface area (TPSA) is 113 Å². The van der Waals surface area contributed by atoms with Gasteiger partial charge in [0.05, 0.1) is 6.42 Å². The molecule has 0 aliphatic carbocycles. The van der Waals surface area contributed by atoms with Crippen LogP contribution in [0.4, 0.5) is 74.6 Å². The minimum atomic E-state index is -7.24. The fraction of sp³-hybridized carbons (Fsp3) is 0.875. The van der Waals surface area contributed by atoms with E-state index in [1.54, 1.807) is 0 Å². The van der Waals surface area contributed by atoms with Gasteiger partial charge in [0.25, 0.3) is 0 Å². The van der Waals surface area contributed by atoms with Crippen LogP contribution >= 0.6 is 12.0 Å². The zero-order valence-corrected chi connectivity index (χ0v) is 23.5. The standard InChI is InChI=1S/C16H13F17O9S.Na/c17-9(18)12(23,24)13(25,26)10(19,20)1-3-37-39-7(34)5-6(43-42-41-36)8(35)40-38-4-2-11(21,22)14(27,28)15(29,30)16(31,32)33;/h6,9,36H,1-5H2;/q;+1/p-1. The molecule has 0 aliphatic rings. The van der Waals surface area contributed by atoms with Crippen molar-refractivity contribution >= 4 is 24.0 Å². The first kappa shape index (κ1) is 45.0. The van der Waals surface area contributed by atoms with Crippen LogP contribution < -0.4 is 34.8 Å². The molecular weight excluding hydrogens is 714 g/mol. The maximum atomic E-state index is 13.4. The van der Waals surface area contributed by atoms with Crippen molar-refractivity contribution in [3.05, 3.63) is 0 Å². The fourth-order valence-electron chi connectivity index (χ4n) is 2.11. The second kappa shape index (κ2) is 16.6. The third-order valence-electron chi connectivity index (χ3n) is 4.45. The molecule has 0 saturated carbocycles. The average Bonchev–Trinajstić information content (AvgIpc) is 2.85. The van der Waals surface area contributed by atoms with E-state index >= 15 is 0 Å². The second-order valence-electron chi connectivity index (χ2n) is 7.48. The van der Waals surface area contributed by atoms with Gasteiger partial charge in [-0.05, 0) is 0 Å². The molecule has 0 aromatic heterocycles. The molecule has 9 nitrogen and oxygen atoms in total. The summed E-state index contributed by atoms with van der Waals surface area (Å²) in [5.41, 5.74) is 0. The summed E-state index contributed by atoms with van der Waals surface area (Å²) in [6.07, 6.45) is -19.0. The van der Waals surface area contributed by atoms with E-state index in [1.165, 1.54) is 0 Å². The Morgan fingerprint density at radius 2 is 1.11 bits per heavy atom. The molecule has 0 rings (SSSR count). The maximum absolute atomic E-state index is 13.4. The van der Waals surface area contributed by atoms with Gasteiger partial charge in [-0.1, -0.05) is 0 Å². The van der Waals surface area contributed by atoms with E-state index in [1.807, 2.05) is 0 Å². The van der Waals surface area contributed by atoms with Crippen LogP contribution in [0.1, 0.15) is 19.3 Å². The van der Waals surface area contributed by atoms with Gasteiger partial charge in [-0.25, -0.2) is 18.4 Å². The molecule has 1 atom stereocenters. The first-order valence-corrected chi connectivity index (χ1v) is 10.8. The number of carbonyl (C=O) groups is 2. The van der Waals surface area contributed by atoms with E-state index in [4.69, 9.17) is 0 Å². The van der Waals surface area contributed by atoms with Crippen LogP contribution in [0, 0.1) is 0 Å². The Hall–Kier alpha value is -1.10. The van der Waals surface area contributed by atoms with Gasteiger partial charge >= 0.3 is 89.6 Å². The van der Waals surface area contributed by atoms with Crippen molar-refractivity contribution in [3.8, 4) is 0 Å². The van der Waals surface area contributed by atoms with Gasteiger partial charge in [-0.2, -0.15) is 80.0 Å². The number of halogens is 17. The fourth-order valence-corrected chi connectivity index (χ4v) is 2.56. The number of hydrogen-bond acceptors (Lipinski definition) is 10. The summed E-state index contributed by atoms with van der Waals surface area (Å²) in [6.45, 7) is -3.90. The zero-order valence-electron chi connectivity index (χ0n) is 20.7. The molecule has 0 fully saturated rings. The third-order valence-corrected chi connectivity index (χ3v) is 5.18. The van der Waals surface area contributed by atoms with Crippen LogP contribution in [0.2, 0.25) is 0 Å². The van der Waals surface area contributed by atoms with Gasteiger partial charge in [0.2, 0.25) is 0 Å². The van der Waals surface area contributed by atoms with Crippen LogP contribution in [-0.2, 0) is 38.5 Å². The predicted molar refractivity (Wildman–Crippen MR) is 93.2 cm³/mol. The third kappa shape index (κ3) is 10.7. The Kier molecular flexibility index (Phi) is 17.0. The smallest absolute Gasteiger partial charge is 0.691 e. The number of hydrogen-bond donors (Lipinski definition) is 0. The molecule has 0 saturated heterocycles. The van der Waals surface area contributed by atoms with Crippen LogP contribution in [0.15, 0.2) is 0 Å². The normalized spacial score (nSPS) is 14.7. The van der Waals surface area contributed by atoms with Crippen molar-refractivity contribution in [2.75, 3.05) is 13.2 Å². The van der Waals surface area contributed by atoms with Crippen LogP contribution in [0.3, 0.4) is 0 Å². The van der Waals surface area contributed by atoms with Gasteiger partial charge in [0, 0.05) is 24.9 Å². The largest absolute Gasteiger partial charge is 1.00 e. The van der Waals surface area contributed by atoms with Crippen molar-refractivity contribution in [2.45, 2.75) is 72.6 Å². The minimum absolute atomic E-state index is 0. The number of alkyl halides is 17. The van der Waals surface area contributed by atoms with Crippen LogP contribution in [-0.4, -0.2) is 78.5 Å². The molecule has 0 heterocycles. The van der Waals surface area contributed by atoms with Crippen molar-refractivity contribution in [1.82, 2.24) is 0 Å². The molecular formula is C16H12F17NaO9S. The van der Waals surface area contributed by atoms with Gasteiger partial charge in [-0.15, -0.1) is 0 Å². The van der Waals surface area contributed by atoms with Gasteiger partial charge in [0.1, 0.15) is 18.5 Å². The average molecular weight is 726 g/mol. The van der Waals surface area contributed by atoms with Gasteiger partial charge in [0.15, 0.2) is 0 Å². The molecule has 0 aromatic rings. The Morgan fingerprint density at radius 3 is 1.52 bits per heavy atom. The Labute approximate surface area is 257 Å². The first-order valence-electron chi connectivity index (χ1n) is 10.0. The Bertz CT molecular complexity index is 923. The molecule has 44 heavy (non-hydrogen) atoms. The number of carbonyl (C=O) groups excluding carboxylic acids is 2. The molecule has 0 spiro atoms. The Balaban J connectivity index is 0. The van der Waals surface area contributed by atoms with Gasteiger partial charge < -0.3 is 5.26 Å². The SMILES string of the molecule is O=C(CC(SOO[O-])C(=O)OOCCC(F)(F)C(F)(F)C(F)(F)C(F)(F)F)OOCCC(F)(F)C(F)(F)C(F)(F)C(F)F.[Na+]. The van der Waals surface area contributed by atoms with E-state index in [-0.39, 0.29) is 29.6 Å². The molecule has 0 aromatic carbocycles. The van der Waals surface area contributed by atoms with Gasteiger partial charge in [-0.3, -0.25) is 14.8 Å². The summed E-state index contributed by atoms with van der Waals surface area (Å²) in [6, 6.07) is 0. The quantitative estimate of drug-likeness (QED) is 0.0490. The summed E-state index contributed by atoms with van der Waals surface area (Å²) >= 11 is -0.527. The molecule has 0 aliphatic heterocycles. The van der Waals surface area contributed by atoms with E-state index < -0.39 is 110 Å². The maximum Gasteiger partial charge on any atom is 1.00 e.